The molecule has 0 unspecified atom stereocenters. The highest BCUT2D eigenvalue weighted by Crippen LogP contribution is 2.18. The van der Waals surface area contributed by atoms with E-state index in [2.05, 4.69) is 20.4 Å². The van der Waals surface area contributed by atoms with Crippen LogP contribution in [0.3, 0.4) is 0 Å². The Morgan fingerprint density at radius 1 is 1.24 bits per heavy atom. The van der Waals surface area contributed by atoms with E-state index in [1.54, 1.807) is 6.20 Å². The molecule has 2 heterocycles. The average Bonchev–Trinajstić information content (AvgIpc) is 2.94. The van der Waals surface area contributed by atoms with Crippen LogP contribution in [0.2, 0.25) is 5.02 Å². The van der Waals surface area contributed by atoms with E-state index < -0.39 is 0 Å². The van der Waals surface area contributed by atoms with Crippen LogP contribution < -0.4 is 5.32 Å². The van der Waals surface area contributed by atoms with Crippen molar-refractivity contribution in [2.24, 2.45) is 0 Å². The van der Waals surface area contributed by atoms with E-state index in [0.29, 0.717) is 23.3 Å². The predicted molar refractivity (Wildman–Crippen MR) is 81.0 cm³/mol. The Morgan fingerprint density at radius 2 is 2.14 bits per heavy atom. The molecule has 1 N–H and O–H groups in total. The number of hydrogen-bond acceptors (Lipinski definition) is 5. The van der Waals surface area contributed by atoms with Gasteiger partial charge in [0, 0.05) is 16.9 Å². The molecule has 106 valence electrons. The Balaban J connectivity index is 1.72. The van der Waals surface area contributed by atoms with Crippen LogP contribution in [0.5, 0.6) is 0 Å². The lowest BCUT2D eigenvalue weighted by molar-refractivity contribution is 0.384. The van der Waals surface area contributed by atoms with Crippen molar-refractivity contribution >= 4 is 17.3 Å². The van der Waals surface area contributed by atoms with E-state index >= 15 is 0 Å². The Kier molecular flexibility index (Phi) is 3.83. The van der Waals surface area contributed by atoms with E-state index in [0.717, 1.165) is 16.9 Å². The molecule has 0 radical (unpaired) electrons. The Bertz CT molecular complexity index is 757. The zero-order valence-electron chi connectivity index (χ0n) is 11.4. The van der Waals surface area contributed by atoms with E-state index in [-0.39, 0.29) is 0 Å². The SMILES string of the molecule is Cc1cccnc1-c1noc(CNc2cccc(Cl)c2)n1. The van der Waals surface area contributed by atoms with Gasteiger partial charge in [0.15, 0.2) is 0 Å². The Hall–Kier alpha value is -2.40. The number of aryl methyl sites for hydroxylation is 1. The maximum atomic E-state index is 5.93. The van der Waals surface area contributed by atoms with Crippen LogP contribution in [0.4, 0.5) is 5.69 Å². The monoisotopic (exact) mass is 300 g/mol. The third kappa shape index (κ3) is 3.20. The third-order valence-corrected chi connectivity index (χ3v) is 3.19. The van der Waals surface area contributed by atoms with Crippen molar-refractivity contribution in [3.63, 3.8) is 0 Å². The van der Waals surface area contributed by atoms with Crippen LogP contribution in [0, 0.1) is 6.92 Å². The van der Waals surface area contributed by atoms with Gasteiger partial charge in [0.05, 0.1) is 6.54 Å². The molecular weight excluding hydrogens is 288 g/mol. The predicted octanol–water partition coefficient (Wildman–Crippen LogP) is 3.71. The first-order valence-electron chi connectivity index (χ1n) is 6.46. The first kappa shape index (κ1) is 13.6. The first-order valence-corrected chi connectivity index (χ1v) is 6.84. The molecule has 0 bridgehead atoms. The van der Waals surface area contributed by atoms with Gasteiger partial charge in [0.25, 0.3) is 0 Å². The summed E-state index contributed by atoms with van der Waals surface area (Å²) in [5.41, 5.74) is 2.64. The molecule has 6 heteroatoms. The maximum Gasteiger partial charge on any atom is 0.246 e. The number of anilines is 1. The number of aromatic nitrogens is 3. The van der Waals surface area contributed by atoms with E-state index in [4.69, 9.17) is 16.1 Å². The molecule has 1 aromatic carbocycles. The summed E-state index contributed by atoms with van der Waals surface area (Å²) in [4.78, 5) is 8.61. The summed E-state index contributed by atoms with van der Waals surface area (Å²) < 4.78 is 5.23. The molecule has 0 aliphatic carbocycles. The molecule has 0 aliphatic heterocycles. The fraction of sp³-hybridized carbons (Fsp3) is 0.133. The maximum absolute atomic E-state index is 5.93. The topological polar surface area (TPSA) is 63.8 Å². The zero-order chi connectivity index (χ0) is 14.7. The molecule has 0 saturated heterocycles. The molecule has 5 nitrogen and oxygen atoms in total. The fourth-order valence-corrected chi connectivity index (χ4v) is 2.11. The summed E-state index contributed by atoms with van der Waals surface area (Å²) in [5.74, 6) is 0.992. The van der Waals surface area contributed by atoms with Crippen molar-refractivity contribution < 1.29 is 4.52 Å². The molecule has 0 amide bonds. The third-order valence-electron chi connectivity index (χ3n) is 2.96. The van der Waals surface area contributed by atoms with Gasteiger partial charge in [-0.1, -0.05) is 28.9 Å². The lowest BCUT2D eigenvalue weighted by Gasteiger charge is -2.02. The number of rotatable bonds is 4. The lowest BCUT2D eigenvalue weighted by atomic mass is 10.2. The highest BCUT2D eigenvalue weighted by Gasteiger charge is 2.11. The van der Waals surface area contributed by atoms with Crippen molar-refractivity contribution in [1.29, 1.82) is 0 Å². The Morgan fingerprint density at radius 3 is 2.95 bits per heavy atom. The second-order valence-electron chi connectivity index (χ2n) is 4.54. The highest BCUT2D eigenvalue weighted by molar-refractivity contribution is 6.30. The van der Waals surface area contributed by atoms with Gasteiger partial charge in [0.1, 0.15) is 5.69 Å². The number of hydrogen-bond donors (Lipinski definition) is 1. The highest BCUT2D eigenvalue weighted by atomic mass is 35.5. The number of nitrogens with one attached hydrogen (secondary N) is 1. The van der Waals surface area contributed by atoms with Gasteiger partial charge < -0.3 is 9.84 Å². The van der Waals surface area contributed by atoms with Crippen LogP contribution >= 0.6 is 11.6 Å². The average molecular weight is 301 g/mol. The van der Waals surface area contributed by atoms with E-state index in [1.807, 2.05) is 43.3 Å². The summed E-state index contributed by atoms with van der Waals surface area (Å²) >= 11 is 5.93. The van der Waals surface area contributed by atoms with Crippen LogP contribution in [0.25, 0.3) is 11.5 Å². The zero-order valence-corrected chi connectivity index (χ0v) is 12.1. The van der Waals surface area contributed by atoms with Gasteiger partial charge in [-0.05, 0) is 36.8 Å². The first-order chi connectivity index (χ1) is 10.2. The van der Waals surface area contributed by atoms with Gasteiger partial charge in [-0.3, -0.25) is 4.98 Å². The molecule has 0 atom stereocenters. The van der Waals surface area contributed by atoms with Gasteiger partial charge in [0.2, 0.25) is 11.7 Å². The minimum Gasteiger partial charge on any atom is -0.376 e. The number of benzene rings is 1. The summed E-state index contributed by atoms with van der Waals surface area (Å²) in [5, 5.41) is 7.82. The Labute approximate surface area is 127 Å². The van der Waals surface area contributed by atoms with Crippen molar-refractivity contribution in [2.45, 2.75) is 13.5 Å². The van der Waals surface area contributed by atoms with Gasteiger partial charge in [-0.15, -0.1) is 0 Å². The second-order valence-corrected chi connectivity index (χ2v) is 4.98. The molecule has 0 fully saturated rings. The molecule has 3 aromatic rings. The molecular formula is C15H13ClN4O. The van der Waals surface area contributed by atoms with Crippen molar-refractivity contribution in [3.8, 4) is 11.5 Å². The smallest absolute Gasteiger partial charge is 0.246 e. The van der Waals surface area contributed by atoms with Gasteiger partial charge >= 0.3 is 0 Å². The van der Waals surface area contributed by atoms with Crippen LogP contribution in [0.15, 0.2) is 47.1 Å². The number of pyridine rings is 1. The molecule has 21 heavy (non-hydrogen) atoms. The normalized spacial score (nSPS) is 10.6. The molecule has 0 spiro atoms. The summed E-state index contributed by atoms with van der Waals surface area (Å²) in [6.45, 7) is 2.39. The minimum atomic E-state index is 0.430. The van der Waals surface area contributed by atoms with E-state index in [1.165, 1.54) is 0 Å². The van der Waals surface area contributed by atoms with Gasteiger partial charge in [-0.2, -0.15) is 4.98 Å². The van der Waals surface area contributed by atoms with Crippen molar-refractivity contribution in [3.05, 3.63) is 59.1 Å². The summed E-state index contributed by atoms with van der Waals surface area (Å²) in [7, 11) is 0. The number of nitrogens with zero attached hydrogens (tertiary/aromatic N) is 3. The fourth-order valence-electron chi connectivity index (χ4n) is 1.92. The number of halogens is 1. The van der Waals surface area contributed by atoms with E-state index in [9.17, 15) is 0 Å². The summed E-state index contributed by atoms with van der Waals surface area (Å²) in [6, 6.07) is 11.3. The van der Waals surface area contributed by atoms with Crippen LogP contribution in [-0.4, -0.2) is 15.1 Å². The second kappa shape index (κ2) is 5.93. The van der Waals surface area contributed by atoms with Crippen LogP contribution in [0.1, 0.15) is 11.5 Å². The van der Waals surface area contributed by atoms with Gasteiger partial charge in [-0.25, -0.2) is 0 Å². The molecule has 0 aliphatic rings. The van der Waals surface area contributed by atoms with Crippen molar-refractivity contribution in [1.82, 2.24) is 15.1 Å². The van der Waals surface area contributed by atoms with Crippen molar-refractivity contribution in [2.75, 3.05) is 5.32 Å². The lowest BCUT2D eigenvalue weighted by Crippen LogP contribution is -1.99. The standard InChI is InChI=1S/C15H13ClN4O/c1-10-4-3-7-17-14(10)15-19-13(21-20-15)9-18-12-6-2-5-11(16)8-12/h2-8,18H,9H2,1H3. The van der Waals surface area contributed by atoms with Crippen LogP contribution in [-0.2, 0) is 6.54 Å². The quantitative estimate of drug-likeness (QED) is 0.796. The summed E-state index contributed by atoms with van der Waals surface area (Å²) in [6.07, 6.45) is 1.71. The largest absolute Gasteiger partial charge is 0.376 e. The molecule has 0 saturated carbocycles. The molecule has 2 aromatic heterocycles. The molecule has 3 rings (SSSR count). The minimum absolute atomic E-state index is 0.430.